The number of aliphatic hydroxyl groups is 1. The lowest BCUT2D eigenvalue weighted by atomic mass is 10.1. The molecular formula is C14H17ClN2O2. The van der Waals surface area contributed by atoms with Gasteiger partial charge in [0.15, 0.2) is 0 Å². The van der Waals surface area contributed by atoms with Gasteiger partial charge in [-0.2, -0.15) is 5.10 Å². The van der Waals surface area contributed by atoms with Crippen LogP contribution in [-0.2, 0) is 0 Å². The molecular weight excluding hydrogens is 264 g/mol. The van der Waals surface area contributed by atoms with Gasteiger partial charge in [0.25, 0.3) is 0 Å². The number of nitrogens with zero attached hydrogens (tertiary/aromatic N) is 2. The van der Waals surface area contributed by atoms with Crippen LogP contribution < -0.4 is 4.74 Å². The van der Waals surface area contributed by atoms with Crippen molar-refractivity contribution in [3.63, 3.8) is 0 Å². The maximum atomic E-state index is 9.99. The minimum absolute atomic E-state index is 0.635. The van der Waals surface area contributed by atoms with Crippen molar-refractivity contribution in [1.29, 1.82) is 0 Å². The normalized spacial score (nSPS) is 12.5. The number of aromatic nitrogens is 2. The van der Waals surface area contributed by atoms with Crippen LogP contribution in [0.3, 0.4) is 0 Å². The first kappa shape index (κ1) is 13.9. The third kappa shape index (κ3) is 2.33. The lowest BCUT2D eigenvalue weighted by molar-refractivity contribution is 0.194. The molecule has 19 heavy (non-hydrogen) atoms. The molecule has 0 radical (unpaired) electrons. The van der Waals surface area contributed by atoms with Gasteiger partial charge in [0.2, 0.25) is 0 Å². The largest absolute Gasteiger partial charge is 0.496 e. The van der Waals surface area contributed by atoms with Crippen LogP contribution in [0.15, 0.2) is 18.2 Å². The van der Waals surface area contributed by atoms with E-state index in [0.717, 1.165) is 17.1 Å². The Balaban J connectivity index is 2.71. The Morgan fingerprint density at radius 3 is 2.53 bits per heavy atom. The Morgan fingerprint density at radius 1 is 1.37 bits per heavy atom. The quantitative estimate of drug-likeness (QED) is 0.939. The molecule has 0 spiro atoms. The van der Waals surface area contributed by atoms with Crippen molar-refractivity contribution < 1.29 is 9.84 Å². The number of rotatable bonds is 3. The van der Waals surface area contributed by atoms with E-state index in [9.17, 15) is 5.11 Å². The highest BCUT2D eigenvalue weighted by molar-refractivity contribution is 6.31. The van der Waals surface area contributed by atoms with Crippen molar-refractivity contribution in [2.75, 3.05) is 7.11 Å². The second-order valence-corrected chi connectivity index (χ2v) is 4.84. The number of hydrogen-bond acceptors (Lipinski definition) is 3. The molecule has 0 fully saturated rings. The molecule has 0 saturated heterocycles. The van der Waals surface area contributed by atoms with Gasteiger partial charge in [-0.1, -0.05) is 17.7 Å². The van der Waals surface area contributed by atoms with E-state index in [1.807, 2.05) is 32.0 Å². The van der Waals surface area contributed by atoms with Crippen LogP contribution in [0.4, 0.5) is 0 Å². The summed E-state index contributed by atoms with van der Waals surface area (Å²) in [5, 5.41) is 15.0. The lowest BCUT2D eigenvalue weighted by Crippen LogP contribution is -2.07. The van der Waals surface area contributed by atoms with Gasteiger partial charge in [-0.3, -0.25) is 0 Å². The Bertz CT molecular complexity index is 606. The molecule has 5 heteroatoms. The first-order valence-electron chi connectivity index (χ1n) is 6.04. The fraction of sp³-hybridized carbons (Fsp3) is 0.357. The fourth-order valence-corrected chi connectivity index (χ4v) is 2.29. The maximum absolute atomic E-state index is 9.99. The Morgan fingerprint density at radius 2 is 2.05 bits per heavy atom. The number of methoxy groups -OCH3 is 1. The van der Waals surface area contributed by atoms with Gasteiger partial charge in [-0.25, -0.2) is 4.68 Å². The summed E-state index contributed by atoms with van der Waals surface area (Å²) in [6.45, 7) is 5.45. The fourth-order valence-electron chi connectivity index (χ4n) is 2.17. The smallest absolute Gasteiger partial charge is 0.126 e. The van der Waals surface area contributed by atoms with E-state index in [2.05, 4.69) is 5.10 Å². The molecule has 0 unspecified atom stereocenters. The van der Waals surface area contributed by atoms with Crippen molar-refractivity contribution in [3.8, 4) is 11.4 Å². The highest BCUT2D eigenvalue weighted by Gasteiger charge is 2.19. The molecule has 102 valence electrons. The summed E-state index contributed by atoms with van der Waals surface area (Å²) in [4.78, 5) is 0. The molecule has 0 amide bonds. The summed E-state index contributed by atoms with van der Waals surface area (Å²) in [5.41, 5.74) is 3.09. The highest BCUT2D eigenvalue weighted by atomic mass is 35.5. The molecule has 1 aromatic carbocycles. The molecule has 2 rings (SSSR count). The van der Waals surface area contributed by atoms with Gasteiger partial charge >= 0.3 is 0 Å². The van der Waals surface area contributed by atoms with Crippen LogP contribution in [0, 0.1) is 13.8 Å². The molecule has 0 aliphatic carbocycles. The van der Waals surface area contributed by atoms with E-state index in [1.165, 1.54) is 0 Å². The molecule has 0 bridgehead atoms. The zero-order valence-electron chi connectivity index (χ0n) is 11.4. The van der Waals surface area contributed by atoms with Gasteiger partial charge in [-0.05, 0) is 32.9 Å². The predicted octanol–water partition coefficient (Wildman–Crippen LogP) is 3.20. The summed E-state index contributed by atoms with van der Waals surface area (Å²) in [6.07, 6.45) is -0.658. The van der Waals surface area contributed by atoms with E-state index in [4.69, 9.17) is 16.3 Å². The molecule has 2 aromatic rings. The van der Waals surface area contributed by atoms with Crippen molar-refractivity contribution >= 4 is 11.6 Å². The minimum Gasteiger partial charge on any atom is -0.496 e. The number of hydrogen-bond donors (Lipinski definition) is 1. The number of halogens is 1. The van der Waals surface area contributed by atoms with Gasteiger partial charge in [0.05, 0.1) is 35.3 Å². The number of ether oxygens (including phenoxy) is 1. The molecule has 0 aliphatic heterocycles. The number of aliphatic hydroxyl groups excluding tert-OH is 1. The Hall–Kier alpha value is -1.52. The minimum atomic E-state index is -0.658. The summed E-state index contributed by atoms with van der Waals surface area (Å²) >= 11 is 6.18. The first-order chi connectivity index (χ1) is 8.97. The molecule has 1 heterocycles. The summed E-state index contributed by atoms with van der Waals surface area (Å²) < 4.78 is 7.05. The standard InChI is InChI=1S/C14H17ClN2O2/c1-8-14(15)9(2)17(16-8)11-6-5-7-12(19-4)13(11)10(3)18/h5-7,10,18H,1-4H3/t10-/m1/s1. The van der Waals surface area contributed by atoms with E-state index in [0.29, 0.717) is 16.3 Å². The van der Waals surface area contributed by atoms with Crippen molar-refractivity contribution in [3.05, 3.63) is 40.2 Å². The average Bonchev–Trinajstić information content (AvgIpc) is 2.65. The predicted molar refractivity (Wildman–Crippen MR) is 75.2 cm³/mol. The van der Waals surface area contributed by atoms with Crippen LogP contribution in [0.1, 0.15) is 30.0 Å². The molecule has 0 aliphatic rings. The first-order valence-corrected chi connectivity index (χ1v) is 6.42. The van der Waals surface area contributed by atoms with E-state index >= 15 is 0 Å². The van der Waals surface area contributed by atoms with Crippen LogP contribution >= 0.6 is 11.6 Å². The zero-order chi connectivity index (χ0) is 14.2. The molecule has 1 aromatic heterocycles. The van der Waals surface area contributed by atoms with Crippen LogP contribution in [0.5, 0.6) is 5.75 Å². The maximum Gasteiger partial charge on any atom is 0.126 e. The third-order valence-corrected chi connectivity index (χ3v) is 3.66. The number of benzene rings is 1. The average molecular weight is 281 g/mol. The lowest BCUT2D eigenvalue weighted by Gasteiger charge is -2.17. The van der Waals surface area contributed by atoms with Crippen molar-refractivity contribution in [2.24, 2.45) is 0 Å². The van der Waals surface area contributed by atoms with E-state index < -0.39 is 6.10 Å². The SMILES string of the molecule is COc1cccc(-n2nc(C)c(Cl)c2C)c1[C@@H](C)O. The van der Waals surface area contributed by atoms with Crippen LogP contribution in [-0.4, -0.2) is 22.0 Å². The second-order valence-electron chi connectivity index (χ2n) is 4.47. The summed E-state index contributed by atoms with van der Waals surface area (Å²) in [7, 11) is 1.58. The summed E-state index contributed by atoms with van der Waals surface area (Å²) in [5.74, 6) is 0.635. The van der Waals surface area contributed by atoms with Gasteiger partial charge in [0, 0.05) is 5.56 Å². The van der Waals surface area contributed by atoms with Crippen LogP contribution in [0.25, 0.3) is 5.69 Å². The van der Waals surface area contributed by atoms with Crippen molar-refractivity contribution in [1.82, 2.24) is 9.78 Å². The van der Waals surface area contributed by atoms with Gasteiger partial charge in [-0.15, -0.1) is 0 Å². The third-order valence-electron chi connectivity index (χ3n) is 3.11. The molecule has 1 N–H and O–H groups in total. The Kier molecular flexibility index (Phi) is 3.83. The topological polar surface area (TPSA) is 47.3 Å². The van der Waals surface area contributed by atoms with E-state index in [1.54, 1.807) is 18.7 Å². The van der Waals surface area contributed by atoms with Gasteiger partial charge in [0.1, 0.15) is 5.75 Å². The second kappa shape index (κ2) is 5.23. The van der Waals surface area contributed by atoms with Gasteiger partial charge < -0.3 is 9.84 Å². The Labute approximate surface area is 117 Å². The molecule has 4 nitrogen and oxygen atoms in total. The van der Waals surface area contributed by atoms with E-state index in [-0.39, 0.29) is 0 Å². The zero-order valence-corrected chi connectivity index (χ0v) is 12.2. The monoisotopic (exact) mass is 280 g/mol. The number of aryl methyl sites for hydroxylation is 1. The summed E-state index contributed by atoms with van der Waals surface area (Å²) in [6, 6.07) is 5.57. The van der Waals surface area contributed by atoms with Crippen LogP contribution in [0.2, 0.25) is 5.02 Å². The molecule has 1 atom stereocenters. The molecule has 0 saturated carbocycles. The van der Waals surface area contributed by atoms with Crippen molar-refractivity contribution in [2.45, 2.75) is 26.9 Å². The highest BCUT2D eigenvalue weighted by Crippen LogP contribution is 2.33.